The van der Waals surface area contributed by atoms with E-state index in [2.05, 4.69) is 12.2 Å². The molecule has 3 nitrogen and oxygen atoms in total. The van der Waals surface area contributed by atoms with Gasteiger partial charge in [0.25, 0.3) is 5.91 Å². The Morgan fingerprint density at radius 2 is 2.10 bits per heavy atom. The van der Waals surface area contributed by atoms with E-state index in [9.17, 15) is 14.3 Å². The van der Waals surface area contributed by atoms with Gasteiger partial charge in [0, 0.05) is 6.54 Å². The van der Waals surface area contributed by atoms with Crippen molar-refractivity contribution in [2.45, 2.75) is 45.1 Å². The molecule has 1 aromatic carbocycles. The molecule has 1 fully saturated rings. The van der Waals surface area contributed by atoms with Crippen LogP contribution in [0, 0.1) is 18.7 Å². The maximum atomic E-state index is 13.7. The molecule has 0 saturated heterocycles. The zero-order chi connectivity index (χ0) is 14.8. The largest absolute Gasteiger partial charge is 0.388 e. The summed E-state index contributed by atoms with van der Waals surface area (Å²) in [5.74, 6) is -0.359. The summed E-state index contributed by atoms with van der Waals surface area (Å²) in [4.78, 5) is 12.0. The van der Waals surface area contributed by atoms with Crippen molar-refractivity contribution < 1.29 is 14.3 Å². The van der Waals surface area contributed by atoms with Gasteiger partial charge in [-0.25, -0.2) is 4.39 Å². The standard InChI is InChI=1S/C16H22FNO2/c1-11-5-7-16(20,8-6-11)10-18-15(19)13-4-3-12(2)9-14(13)17/h3-4,9,11,20H,5-8,10H2,1-2H3,(H,18,19). The number of aryl methyl sites for hydroxylation is 1. The van der Waals surface area contributed by atoms with E-state index >= 15 is 0 Å². The molecule has 0 spiro atoms. The Kier molecular flexibility index (Phi) is 4.43. The first-order chi connectivity index (χ1) is 9.39. The van der Waals surface area contributed by atoms with Gasteiger partial charge in [-0.2, -0.15) is 0 Å². The molecule has 0 bridgehead atoms. The van der Waals surface area contributed by atoms with Gasteiger partial charge in [-0.1, -0.05) is 13.0 Å². The number of carbonyl (C=O) groups excluding carboxylic acids is 1. The highest BCUT2D eigenvalue weighted by atomic mass is 19.1. The van der Waals surface area contributed by atoms with Gasteiger partial charge in [-0.15, -0.1) is 0 Å². The van der Waals surface area contributed by atoms with Crippen LogP contribution in [0.1, 0.15) is 48.5 Å². The van der Waals surface area contributed by atoms with Gasteiger partial charge < -0.3 is 10.4 Å². The van der Waals surface area contributed by atoms with Crippen LogP contribution in [-0.4, -0.2) is 23.2 Å². The van der Waals surface area contributed by atoms with Gasteiger partial charge >= 0.3 is 0 Å². The molecule has 0 aliphatic heterocycles. The Hall–Kier alpha value is -1.42. The molecule has 2 rings (SSSR count). The maximum Gasteiger partial charge on any atom is 0.254 e. The first kappa shape index (κ1) is 15.0. The van der Waals surface area contributed by atoms with Crippen molar-refractivity contribution in [1.82, 2.24) is 5.32 Å². The van der Waals surface area contributed by atoms with Crippen molar-refractivity contribution in [2.24, 2.45) is 5.92 Å². The van der Waals surface area contributed by atoms with Gasteiger partial charge in [-0.05, 0) is 56.2 Å². The summed E-state index contributed by atoms with van der Waals surface area (Å²) in [6, 6.07) is 4.52. The molecule has 1 aliphatic rings. The zero-order valence-electron chi connectivity index (χ0n) is 12.1. The molecule has 1 saturated carbocycles. The molecule has 1 aromatic rings. The van der Waals surface area contributed by atoms with E-state index in [1.807, 2.05) is 0 Å². The summed E-state index contributed by atoms with van der Waals surface area (Å²) < 4.78 is 13.7. The normalized spacial score (nSPS) is 26.3. The Labute approximate surface area is 119 Å². The van der Waals surface area contributed by atoms with Crippen molar-refractivity contribution in [1.29, 1.82) is 0 Å². The second-order valence-electron chi connectivity index (χ2n) is 6.07. The fourth-order valence-electron chi connectivity index (χ4n) is 2.62. The van der Waals surface area contributed by atoms with Gasteiger partial charge in [0.05, 0.1) is 11.2 Å². The molecule has 0 heterocycles. The van der Waals surface area contributed by atoms with Gasteiger partial charge in [0.1, 0.15) is 5.82 Å². The minimum absolute atomic E-state index is 0.0309. The van der Waals surface area contributed by atoms with E-state index in [0.29, 0.717) is 18.8 Å². The Morgan fingerprint density at radius 3 is 2.70 bits per heavy atom. The predicted molar refractivity (Wildman–Crippen MR) is 76.1 cm³/mol. The van der Waals surface area contributed by atoms with Crippen LogP contribution in [0.15, 0.2) is 18.2 Å². The summed E-state index contributed by atoms with van der Waals surface area (Å²) in [5, 5.41) is 13.0. The van der Waals surface area contributed by atoms with E-state index in [0.717, 1.165) is 18.4 Å². The van der Waals surface area contributed by atoms with Crippen LogP contribution in [0.4, 0.5) is 4.39 Å². The summed E-state index contributed by atoms with van der Waals surface area (Å²) >= 11 is 0. The maximum absolute atomic E-state index is 13.7. The van der Waals surface area contributed by atoms with Crippen LogP contribution >= 0.6 is 0 Å². The quantitative estimate of drug-likeness (QED) is 0.894. The Balaban J connectivity index is 1.95. The second kappa shape index (κ2) is 5.92. The lowest BCUT2D eigenvalue weighted by molar-refractivity contribution is -0.00543. The molecular weight excluding hydrogens is 257 g/mol. The van der Waals surface area contributed by atoms with Crippen molar-refractivity contribution in [2.75, 3.05) is 6.54 Å². The third kappa shape index (κ3) is 3.57. The zero-order valence-corrected chi connectivity index (χ0v) is 12.1. The number of rotatable bonds is 3. The Morgan fingerprint density at radius 1 is 1.45 bits per heavy atom. The van der Waals surface area contributed by atoms with Crippen molar-refractivity contribution in [3.63, 3.8) is 0 Å². The van der Waals surface area contributed by atoms with Gasteiger partial charge in [-0.3, -0.25) is 4.79 Å². The lowest BCUT2D eigenvalue weighted by Gasteiger charge is -2.34. The molecule has 1 aliphatic carbocycles. The monoisotopic (exact) mass is 279 g/mol. The first-order valence-electron chi connectivity index (χ1n) is 7.16. The molecule has 0 atom stereocenters. The fourth-order valence-corrected chi connectivity index (χ4v) is 2.62. The van der Waals surface area contributed by atoms with Crippen LogP contribution < -0.4 is 5.32 Å². The fraction of sp³-hybridized carbons (Fsp3) is 0.562. The number of benzene rings is 1. The minimum Gasteiger partial charge on any atom is -0.388 e. The van der Waals surface area contributed by atoms with Crippen molar-refractivity contribution in [3.05, 3.63) is 35.1 Å². The van der Waals surface area contributed by atoms with Gasteiger partial charge in [0.2, 0.25) is 0 Å². The number of aliphatic hydroxyl groups is 1. The smallest absolute Gasteiger partial charge is 0.254 e. The van der Waals surface area contributed by atoms with E-state index in [-0.39, 0.29) is 12.1 Å². The van der Waals surface area contributed by atoms with E-state index in [1.165, 1.54) is 12.1 Å². The molecule has 1 amide bonds. The van der Waals surface area contributed by atoms with Crippen LogP contribution in [-0.2, 0) is 0 Å². The molecule has 4 heteroatoms. The van der Waals surface area contributed by atoms with E-state index < -0.39 is 17.3 Å². The first-order valence-corrected chi connectivity index (χ1v) is 7.16. The average molecular weight is 279 g/mol. The molecule has 0 radical (unpaired) electrons. The average Bonchev–Trinajstić information content (AvgIpc) is 2.40. The van der Waals surface area contributed by atoms with Crippen LogP contribution in [0.3, 0.4) is 0 Å². The number of hydrogen-bond donors (Lipinski definition) is 2. The number of hydrogen-bond acceptors (Lipinski definition) is 2. The van der Waals surface area contributed by atoms with E-state index in [1.54, 1.807) is 13.0 Å². The summed E-state index contributed by atoms with van der Waals surface area (Å²) in [7, 11) is 0. The SMILES string of the molecule is Cc1ccc(C(=O)NCC2(O)CCC(C)CC2)c(F)c1. The van der Waals surface area contributed by atoms with Crippen LogP contribution in [0.5, 0.6) is 0 Å². The Bertz CT molecular complexity index is 493. The minimum atomic E-state index is -0.844. The molecule has 110 valence electrons. The summed E-state index contributed by atoms with van der Waals surface area (Å²) in [6.07, 6.45) is 3.30. The summed E-state index contributed by atoms with van der Waals surface area (Å²) in [5.41, 5.74) is -0.0362. The lowest BCUT2D eigenvalue weighted by atomic mass is 9.79. The number of amides is 1. The van der Waals surface area contributed by atoms with Crippen LogP contribution in [0.2, 0.25) is 0 Å². The highest BCUT2D eigenvalue weighted by molar-refractivity contribution is 5.94. The molecular formula is C16H22FNO2. The van der Waals surface area contributed by atoms with Gasteiger partial charge in [0.15, 0.2) is 0 Å². The second-order valence-corrected chi connectivity index (χ2v) is 6.07. The third-order valence-corrected chi connectivity index (χ3v) is 4.15. The number of halogens is 1. The topological polar surface area (TPSA) is 49.3 Å². The molecule has 0 unspecified atom stereocenters. The highest BCUT2D eigenvalue weighted by Crippen LogP contribution is 2.31. The lowest BCUT2D eigenvalue weighted by Crippen LogP contribution is -2.45. The molecule has 20 heavy (non-hydrogen) atoms. The molecule has 2 N–H and O–H groups in total. The van der Waals surface area contributed by atoms with Crippen LogP contribution in [0.25, 0.3) is 0 Å². The number of carbonyl (C=O) groups is 1. The number of nitrogens with one attached hydrogen (secondary N) is 1. The van der Waals surface area contributed by atoms with Crippen molar-refractivity contribution >= 4 is 5.91 Å². The highest BCUT2D eigenvalue weighted by Gasteiger charge is 2.32. The predicted octanol–water partition coefficient (Wildman–Crippen LogP) is 2.81. The third-order valence-electron chi connectivity index (χ3n) is 4.15. The van der Waals surface area contributed by atoms with Crippen molar-refractivity contribution in [3.8, 4) is 0 Å². The van der Waals surface area contributed by atoms with E-state index in [4.69, 9.17) is 0 Å². The molecule has 0 aromatic heterocycles. The summed E-state index contributed by atoms with van der Waals surface area (Å²) in [6.45, 7) is 4.13.